The van der Waals surface area contributed by atoms with Crippen LogP contribution in [-0.4, -0.2) is 30.4 Å². The number of hydrogen-bond acceptors (Lipinski definition) is 3. The first-order chi connectivity index (χ1) is 8.42. The molecule has 1 N–H and O–H groups in total. The lowest BCUT2D eigenvalue weighted by Gasteiger charge is -2.44. The highest BCUT2D eigenvalue weighted by Crippen LogP contribution is 2.32. The summed E-state index contributed by atoms with van der Waals surface area (Å²) in [6.45, 7) is 8.54. The van der Waals surface area contributed by atoms with Gasteiger partial charge in [-0.25, -0.2) is 0 Å². The molecule has 18 heavy (non-hydrogen) atoms. The van der Waals surface area contributed by atoms with Crippen LogP contribution >= 0.6 is 15.9 Å². The number of rotatable bonds is 2. The second-order valence-electron chi connectivity index (χ2n) is 5.40. The Kier molecular flexibility index (Phi) is 3.99. The van der Waals surface area contributed by atoms with Gasteiger partial charge in [0.15, 0.2) is 0 Å². The first-order valence-electron chi connectivity index (χ1n) is 6.25. The summed E-state index contributed by atoms with van der Waals surface area (Å²) in [6.07, 6.45) is -0.453. The quantitative estimate of drug-likeness (QED) is 0.910. The fraction of sp³-hybridized carbons (Fsp3) is 0.571. The molecule has 100 valence electrons. The Hall–Kier alpha value is -0.580. The number of hydrogen-bond donors (Lipinski definition) is 1. The molecule has 1 fully saturated rings. The highest BCUT2D eigenvalue weighted by molar-refractivity contribution is 9.10. The highest BCUT2D eigenvalue weighted by Gasteiger charge is 2.30. The van der Waals surface area contributed by atoms with Crippen LogP contribution in [0.3, 0.4) is 0 Å². The van der Waals surface area contributed by atoms with Crippen molar-refractivity contribution in [3.05, 3.63) is 28.2 Å². The van der Waals surface area contributed by atoms with Crippen LogP contribution in [0.2, 0.25) is 0 Å². The summed E-state index contributed by atoms with van der Waals surface area (Å²) in [5.41, 5.74) is 2.09. The van der Waals surface area contributed by atoms with Crippen molar-refractivity contribution < 1.29 is 9.84 Å². The van der Waals surface area contributed by atoms with E-state index in [-0.39, 0.29) is 5.54 Å². The monoisotopic (exact) mass is 313 g/mol. The molecule has 1 aliphatic heterocycles. The number of aliphatic hydroxyl groups excluding tert-OH is 1. The van der Waals surface area contributed by atoms with Gasteiger partial charge >= 0.3 is 0 Å². The minimum absolute atomic E-state index is 0.00401. The van der Waals surface area contributed by atoms with Crippen molar-refractivity contribution in [1.29, 1.82) is 0 Å². The van der Waals surface area contributed by atoms with E-state index < -0.39 is 6.10 Å². The Morgan fingerprint density at radius 1 is 1.44 bits per heavy atom. The topological polar surface area (TPSA) is 32.7 Å². The smallest absolute Gasteiger partial charge is 0.0772 e. The summed E-state index contributed by atoms with van der Waals surface area (Å²) in [4.78, 5) is 2.35. The van der Waals surface area contributed by atoms with E-state index in [4.69, 9.17) is 4.74 Å². The Bertz CT molecular complexity index is 432. The van der Waals surface area contributed by atoms with Gasteiger partial charge in [-0.2, -0.15) is 0 Å². The predicted molar refractivity (Wildman–Crippen MR) is 77.0 cm³/mol. The maximum atomic E-state index is 9.64. The molecule has 0 unspecified atom stereocenters. The summed E-state index contributed by atoms with van der Waals surface area (Å²) in [6, 6.07) is 6.13. The lowest BCUT2D eigenvalue weighted by atomic mass is 10.0. The fourth-order valence-electron chi connectivity index (χ4n) is 2.36. The summed E-state index contributed by atoms with van der Waals surface area (Å²) in [7, 11) is 0. The van der Waals surface area contributed by atoms with E-state index in [0.717, 1.165) is 29.8 Å². The molecule has 1 heterocycles. The van der Waals surface area contributed by atoms with Crippen molar-refractivity contribution in [3.8, 4) is 0 Å². The van der Waals surface area contributed by atoms with Crippen LogP contribution in [0.5, 0.6) is 0 Å². The number of benzene rings is 1. The number of nitrogens with zero attached hydrogens (tertiary/aromatic N) is 1. The van der Waals surface area contributed by atoms with Crippen LogP contribution in [0.15, 0.2) is 22.7 Å². The van der Waals surface area contributed by atoms with E-state index in [2.05, 4.69) is 46.8 Å². The van der Waals surface area contributed by atoms with Gasteiger partial charge in [0.2, 0.25) is 0 Å². The molecule has 4 heteroatoms. The van der Waals surface area contributed by atoms with Gasteiger partial charge in [0.1, 0.15) is 0 Å². The molecule has 0 aromatic heterocycles. The maximum absolute atomic E-state index is 9.64. The standard InChI is InChI=1S/C14H20BrNO2/c1-10(17)12-5-4-11(8-13(12)15)16-6-7-18-9-14(16,2)3/h4-5,8,10,17H,6-7,9H2,1-3H3/t10-/m1/s1. The van der Waals surface area contributed by atoms with Crippen molar-refractivity contribution in [1.82, 2.24) is 0 Å². The Morgan fingerprint density at radius 2 is 2.17 bits per heavy atom. The largest absolute Gasteiger partial charge is 0.389 e. The van der Waals surface area contributed by atoms with Crippen molar-refractivity contribution in [3.63, 3.8) is 0 Å². The number of morpholine rings is 1. The van der Waals surface area contributed by atoms with Crippen LogP contribution in [0.1, 0.15) is 32.4 Å². The second kappa shape index (κ2) is 5.19. The van der Waals surface area contributed by atoms with Crippen LogP contribution in [0.25, 0.3) is 0 Å². The second-order valence-corrected chi connectivity index (χ2v) is 6.25. The van der Waals surface area contributed by atoms with Crippen LogP contribution in [0.4, 0.5) is 5.69 Å². The Labute approximate surface area is 117 Å². The van der Waals surface area contributed by atoms with Gasteiger partial charge < -0.3 is 14.7 Å². The van der Waals surface area contributed by atoms with E-state index in [9.17, 15) is 5.11 Å². The van der Waals surface area contributed by atoms with E-state index >= 15 is 0 Å². The average molecular weight is 314 g/mol. The molecule has 0 aliphatic carbocycles. The molecule has 1 atom stereocenters. The van der Waals surface area contributed by atoms with Crippen LogP contribution in [-0.2, 0) is 4.74 Å². The minimum Gasteiger partial charge on any atom is -0.389 e. The van der Waals surface area contributed by atoms with E-state index in [1.807, 2.05) is 6.07 Å². The third kappa shape index (κ3) is 2.71. The molecule has 0 saturated carbocycles. The minimum atomic E-state index is -0.453. The average Bonchev–Trinajstić information content (AvgIpc) is 2.27. The first-order valence-corrected chi connectivity index (χ1v) is 7.04. The lowest BCUT2D eigenvalue weighted by molar-refractivity contribution is 0.0644. The van der Waals surface area contributed by atoms with Crippen molar-refractivity contribution >= 4 is 21.6 Å². The molecular formula is C14H20BrNO2. The van der Waals surface area contributed by atoms with Gasteiger partial charge in [-0.3, -0.25) is 0 Å². The van der Waals surface area contributed by atoms with Gasteiger partial charge in [0.05, 0.1) is 24.9 Å². The number of anilines is 1. The summed E-state index contributed by atoms with van der Waals surface area (Å²) in [5.74, 6) is 0. The SMILES string of the molecule is C[C@@H](O)c1ccc(N2CCOCC2(C)C)cc1Br. The van der Waals surface area contributed by atoms with Gasteiger partial charge in [0, 0.05) is 16.7 Å². The molecule has 0 amide bonds. The van der Waals surface area contributed by atoms with Gasteiger partial charge in [-0.05, 0) is 38.5 Å². The highest BCUT2D eigenvalue weighted by atomic mass is 79.9. The van der Waals surface area contributed by atoms with E-state index in [0.29, 0.717) is 0 Å². The lowest BCUT2D eigenvalue weighted by Crippen LogP contribution is -2.53. The van der Waals surface area contributed by atoms with Gasteiger partial charge in [-0.15, -0.1) is 0 Å². The molecule has 1 aromatic carbocycles. The van der Waals surface area contributed by atoms with E-state index in [1.165, 1.54) is 5.69 Å². The molecule has 1 saturated heterocycles. The van der Waals surface area contributed by atoms with Gasteiger partial charge in [-0.1, -0.05) is 22.0 Å². The molecule has 1 aliphatic rings. The third-order valence-corrected chi connectivity index (χ3v) is 4.08. The first kappa shape index (κ1) is 13.8. The van der Waals surface area contributed by atoms with Crippen molar-refractivity contribution in [2.24, 2.45) is 0 Å². The fourth-order valence-corrected chi connectivity index (χ4v) is 3.06. The third-order valence-electron chi connectivity index (χ3n) is 3.39. The molecule has 3 nitrogen and oxygen atoms in total. The molecular weight excluding hydrogens is 294 g/mol. The van der Waals surface area contributed by atoms with Crippen molar-refractivity contribution in [2.75, 3.05) is 24.7 Å². The predicted octanol–water partition coefficient (Wildman–Crippen LogP) is 3.12. The molecule has 1 aromatic rings. The summed E-state index contributed by atoms with van der Waals surface area (Å²) < 4.78 is 6.49. The zero-order valence-electron chi connectivity index (χ0n) is 11.1. The number of halogens is 1. The zero-order valence-corrected chi connectivity index (χ0v) is 12.7. The van der Waals surface area contributed by atoms with Crippen molar-refractivity contribution in [2.45, 2.75) is 32.4 Å². The van der Waals surface area contributed by atoms with Crippen LogP contribution < -0.4 is 4.90 Å². The molecule has 0 radical (unpaired) electrons. The maximum Gasteiger partial charge on any atom is 0.0772 e. The molecule has 0 spiro atoms. The number of ether oxygens (including phenoxy) is 1. The normalized spacial score (nSPS) is 20.8. The number of aliphatic hydroxyl groups is 1. The molecule has 0 bridgehead atoms. The zero-order chi connectivity index (χ0) is 13.3. The Balaban J connectivity index is 2.31. The summed E-state index contributed by atoms with van der Waals surface area (Å²) >= 11 is 3.53. The molecule has 2 rings (SSSR count). The summed E-state index contributed by atoms with van der Waals surface area (Å²) in [5, 5.41) is 9.64. The Morgan fingerprint density at radius 3 is 2.72 bits per heavy atom. The van der Waals surface area contributed by atoms with Crippen LogP contribution in [0, 0.1) is 0 Å². The van der Waals surface area contributed by atoms with Gasteiger partial charge in [0.25, 0.3) is 0 Å². The van der Waals surface area contributed by atoms with E-state index in [1.54, 1.807) is 6.92 Å².